The van der Waals surface area contributed by atoms with Crippen molar-refractivity contribution in [1.29, 1.82) is 0 Å². The Bertz CT molecular complexity index is 435. The van der Waals surface area contributed by atoms with E-state index in [1.54, 1.807) is 6.07 Å². The Labute approximate surface area is 104 Å². The van der Waals surface area contributed by atoms with E-state index in [9.17, 15) is 14.3 Å². The minimum atomic E-state index is -0.880. The van der Waals surface area contributed by atoms with Crippen molar-refractivity contribution >= 4 is 17.4 Å². The Morgan fingerprint density at radius 2 is 2.00 bits per heavy atom. The van der Waals surface area contributed by atoms with Gasteiger partial charge in [-0.3, -0.25) is 4.79 Å². The molecule has 0 heterocycles. The zero-order valence-corrected chi connectivity index (χ0v) is 10.1. The van der Waals surface area contributed by atoms with Crippen LogP contribution in [0.3, 0.4) is 0 Å². The largest absolute Gasteiger partial charge is 0.390 e. The van der Waals surface area contributed by atoms with E-state index in [1.807, 2.05) is 0 Å². The molecule has 1 fully saturated rings. The van der Waals surface area contributed by atoms with Crippen molar-refractivity contribution in [3.8, 4) is 0 Å². The maximum atomic E-state index is 12.9. The summed E-state index contributed by atoms with van der Waals surface area (Å²) in [5.74, 6) is -0.190. The molecule has 92 valence electrons. The summed E-state index contributed by atoms with van der Waals surface area (Å²) in [5, 5.41) is 10.7. The maximum Gasteiger partial charge on any atom is 0.133 e. The van der Waals surface area contributed by atoms with Gasteiger partial charge in [-0.1, -0.05) is 17.7 Å². The molecular weight excluding hydrogens is 243 g/mol. The third-order valence-corrected chi connectivity index (χ3v) is 3.62. The molecule has 0 radical (unpaired) electrons. The van der Waals surface area contributed by atoms with E-state index in [4.69, 9.17) is 11.6 Å². The van der Waals surface area contributed by atoms with Crippen molar-refractivity contribution in [3.05, 3.63) is 34.6 Å². The smallest absolute Gasteiger partial charge is 0.133 e. The summed E-state index contributed by atoms with van der Waals surface area (Å²) >= 11 is 5.92. The third-order valence-electron chi connectivity index (χ3n) is 3.27. The van der Waals surface area contributed by atoms with Crippen LogP contribution in [-0.2, 0) is 11.2 Å². The fourth-order valence-electron chi connectivity index (χ4n) is 2.19. The first-order chi connectivity index (χ1) is 7.98. The summed E-state index contributed by atoms with van der Waals surface area (Å²) in [6.07, 6.45) is 2.11. The number of rotatable bonds is 2. The van der Waals surface area contributed by atoms with Gasteiger partial charge in [0, 0.05) is 24.3 Å². The first-order valence-corrected chi connectivity index (χ1v) is 6.04. The molecule has 1 aromatic rings. The van der Waals surface area contributed by atoms with Crippen LogP contribution < -0.4 is 0 Å². The fraction of sp³-hybridized carbons (Fsp3) is 0.462. The number of hydrogen-bond donors (Lipinski definition) is 1. The lowest BCUT2D eigenvalue weighted by Gasteiger charge is -2.31. The van der Waals surface area contributed by atoms with Gasteiger partial charge in [-0.05, 0) is 30.5 Å². The van der Waals surface area contributed by atoms with Gasteiger partial charge in [-0.2, -0.15) is 0 Å². The molecule has 0 aromatic heterocycles. The Morgan fingerprint density at radius 1 is 1.35 bits per heavy atom. The molecule has 17 heavy (non-hydrogen) atoms. The van der Waals surface area contributed by atoms with Crippen LogP contribution >= 0.6 is 11.6 Å². The summed E-state index contributed by atoms with van der Waals surface area (Å²) in [7, 11) is 0. The molecule has 0 atom stereocenters. The number of Topliss-reactive ketones (excluding diaryl/α,β-unsaturated/α-hetero) is 1. The monoisotopic (exact) mass is 256 g/mol. The van der Waals surface area contributed by atoms with Gasteiger partial charge in [0.15, 0.2) is 0 Å². The van der Waals surface area contributed by atoms with Crippen LogP contribution in [0.15, 0.2) is 18.2 Å². The van der Waals surface area contributed by atoms with Gasteiger partial charge < -0.3 is 5.11 Å². The Balaban J connectivity index is 2.12. The predicted molar refractivity (Wildman–Crippen MR) is 63.5 cm³/mol. The predicted octanol–water partition coefficient (Wildman–Crippen LogP) is 2.90. The molecule has 0 bridgehead atoms. The third kappa shape index (κ3) is 3.05. The molecule has 0 amide bonds. The SMILES string of the molecule is O=C1CCC(O)(Cc2ccc(F)cc2Cl)CC1. The van der Waals surface area contributed by atoms with Crippen LogP contribution in [0.4, 0.5) is 4.39 Å². The van der Waals surface area contributed by atoms with Crippen LogP contribution in [0.25, 0.3) is 0 Å². The van der Waals surface area contributed by atoms with Gasteiger partial charge >= 0.3 is 0 Å². The summed E-state index contributed by atoms with van der Waals surface area (Å²) in [4.78, 5) is 11.1. The van der Waals surface area contributed by atoms with Crippen LogP contribution in [-0.4, -0.2) is 16.5 Å². The van der Waals surface area contributed by atoms with Crippen molar-refractivity contribution in [2.45, 2.75) is 37.7 Å². The van der Waals surface area contributed by atoms with Crippen molar-refractivity contribution in [2.24, 2.45) is 0 Å². The average molecular weight is 257 g/mol. The molecule has 0 spiro atoms. The quantitative estimate of drug-likeness (QED) is 0.883. The summed E-state index contributed by atoms with van der Waals surface area (Å²) in [6, 6.07) is 4.17. The van der Waals surface area contributed by atoms with Crippen molar-refractivity contribution in [3.63, 3.8) is 0 Å². The van der Waals surface area contributed by atoms with E-state index in [2.05, 4.69) is 0 Å². The summed E-state index contributed by atoms with van der Waals surface area (Å²) in [5.41, 5.74) is -0.153. The van der Waals surface area contributed by atoms with Gasteiger partial charge in [0.05, 0.1) is 5.60 Å². The van der Waals surface area contributed by atoms with Gasteiger partial charge in [0.1, 0.15) is 11.6 Å². The van der Waals surface area contributed by atoms with Crippen LogP contribution in [0.2, 0.25) is 5.02 Å². The van der Waals surface area contributed by atoms with E-state index >= 15 is 0 Å². The number of carbonyl (C=O) groups is 1. The van der Waals surface area contributed by atoms with Gasteiger partial charge in [0.25, 0.3) is 0 Å². The fourth-order valence-corrected chi connectivity index (χ4v) is 2.42. The minimum Gasteiger partial charge on any atom is -0.390 e. The van der Waals surface area contributed by atoms with Crippen LogP contribution in [0, 0.1) is 5.82 Å². The lowest BCUT2D eigenvalue weighted by atomic mass is 9.80. The molecule has 0 saturated heterocycles. The first kappa shape index (κ1) is 12.5. The first-order valence-electron chi connectivity index (χ1n) is 5.67. The highest BCUT2D eigenvalue weighted by atomic mass is 35.5. The topological polar surface area (TPSA) is 37.3 Å². The van der Waals surface area contributed by atoms with Crippen molar-refractivity contribution in [1.82, 2.24) is 0 Å². The molecule has 4 heteroatoms. The molecular formula is C13H14ClFO2. The standard InChI is InChI=1S/C13H14ClFO2/c14-12-7-10(15)2-1-9(12)8-13(17)5-3-11(16)4-6-13/h1-2,7,17H,3-6,8H2. The Kier molecular flexibility index (Phi) is 3.50. The number of benzene rings is 1. The lowest BCUT2D eigenvalue weighted by molar-refractivity contribution is -0.125. The highest BCUT2D eigenvalue weighted by Gasteiger charge is 2.32. The molecule has 0 unspecified atom stereocenters. The van der Waals surface area contributed by atoms with E-state index < -0.39 is 5.60 Å². The maximum absolute atomic E-state index is 12.9. The average Bonchev–Trinajstić information content (AvgIpc) is 2.27. The number of carbonyl (C=O) groups excluding carboxylic acids is 1. The molecule has 2 nitrogen and oxygen atoms in total. The van der Waals surface area contributed by atoms with Crippen molar-refractivity contribution < 1.29 is 14.3 Å². The van der Waals surface area contributed by atoms with Crippen LogP contribution in [0.1, 0.15) is 31.2 Å². The molecule has 1 saturated carbocycles. The molecule has 1 N–H and O–H groups in total. The van der Waals surface area contributed by atoms with Gasteiger partial charge in [0.2, 0.25) is 0 Å². The second kappa shape index (κ2) is 4.75. The summed E-state index contributed by atoms with van der Waals surface area (Å²) < 4.78 is 12.9. The van der Waals surface area contributed by atoms with Gasteiger partial charge in [-0.15, -0.1) is 0 Å². The second-order valence-electron chi connectivity index (χ2n) is 4.68. The van der Waals surface area contributed by atoms with E-state index in [0.29, 0.717) is 37.1 Å². The number of hydrogen-bond acceptors (Lipinski definition) is 2. The molecule has 1 aliphatic rings. The number of ketones is 1. The Morgan fingerprint density at radius 3 is 2.59 bits per heavy atom. The zero-order chi connectivity index (χ0) is 12.5. The lowest BCUT2D eigenvalue weighted by Crippen LogP contribution is -2.36. The number of halogens is 2. The molecule has 2 rings (SSSR count). The normalized spacial score (nSPS) is 19.4. The number of aliphatic hydroxyl groups is 1. The Hall–Kier alpha value is -0.930. The molecule has 0 aliphatic heterocycles. The zero-order valence-electron chi connectivity index (χ0n) is 9.38. The van der Waals surface area contributed by atoms with E-state index in [-0.39, 0.29) is 11.6 Å². The highest BCUT2D eigenvalue weighted by molar-refractivity contribution is 6.31. The van der Waals surface area contributed by atoms with Crippen LogP contribution in [0.5, 0.6) is 0 Å². The highest BCUT2D eigenvalue weighted by Crippen LogP contribution is 2.31. The second-order valence-corrected chi connectivity index (χ2v) is 5.08. The van der Waals surface area contributed by atoms with E-state index in [0.717, 1.165) is 5.56 Å². The van der Waals surface area contributed by atoms with E-state index in [1.165, 1.54) is 12.1 Å². The molecule has 1 aliphatic carbocycles. The van der Waals surface area contributed by atoms with Gasteiger partial charge in [-0.25, -0.2) is 4.39 Å². The summed E-state index contributed by atoms with van der Waals surface area (Å²) in [6.45, 7) is 0. The van der Waals surface area contributed by atoms with Crippen molar-refractivity contribution in [2.75, 3.05) is 0 Å². The minimum absolute atomic E-state index is 0.194. The molecule has 1 aromatic carbocycles.